The van der Waals surface area contributed by atoms with Crippen LogP contribution in [0.5, 0.6) is 0 Å². The molecule has 4 N–H and O–H groups in total. The van der Waals surface area contributed by atoms with Crippen LogP contribution in [0.15, 0.2) is 30.7 Å². The third kappa shape index (κ3) is 19.9. The number of nitrogens with zero attached hydrogens (tertiary/aromatic N) is 6. The predicted octanol–water partition coefficient (Wildman–Crippen LogP) is 2.23. The Morgan fingerprint density at radius 1 is 0.864 bits per heavy atom. The Bertz CT molecular complexity index is 352. The standard InChI is InChI=1S/C9H18N10.2CH4.B/c1-8(18-14-6-10)16-12-4-3-5-13-17-9(2)19-15-7-11;;;/h6-7H,3-5H2,1-2H3,(H2,10,14)(H2,11,15);2*1H4;/b16-12?,17-13?,18-8-,19-9-;;;. The number of azo groups is 2. The molecule has 0 saturated carbocycles. The zero-order valence-electron chi connectivity index (χ0n) is 11.5. The molecule has 0 aromatic carbocycles. The quantitative estimate of drug-likeness (QED) is 0.136. The average Bonchev–Trinajstić information content (AvgIpc) is 2.41. The van der Waals surface area contributed by atoms with Gasteiger partial charge >= 0.3 is 0 Å². The molecule has 0 unspecified atom stereocenters. The van der Waals surface area contributed by atoms with Crippen molar-refractivity contribution < 1.29 is 0 Å². The molecule has 0 aliphatic carbocycles. The Kier molecular flexibility index (Phi) is 26.4. The van der Waals surface area contributed by atoms with E-state index in [-0.39, 0.29) is 23.3 Å². The molecule has 11 heteroatoms. The number of hydrogen-bond acceptors (Lipinski definition) is 6. The van der Waals surface area contributed by atoms with E-state index in [1.165, 1.54) is 0 Å². The van der Waals surface area contributed by atoms with Crippen LogP contribution in [0.2, 0.25) is 0 Å². The zero-order valence-corrected chi connectivity index (χ0v) is 11.5. The van der Waals surface area contributed by atoms with Gasteiger partial charge in [-0.1, -0.05) is 14.9 Å². The molecule has 0 spiro atoms. The van der Waals surface area contributed by atoms with Crippen LogP contribution >= 0.6 is 0 Å². The number of nitrogens with one attached hydrogen (secondary N) is 4. The zero-order chi connectivity index (χ0) is 14.3. The van der Waals surface area contributed by atoms with Gasteiger partial charge in [0, 0.05) is 8.41 Å². The average molecular weight is 309 g/mol. The minimum atomic E-state index is 0. The van der Waals surface area contributed by atoms with E-state index in [0.717, 1.165) is 12.7 Å². The summed E-state index contributed by atoms with van der Waals surface area (Å²) in [7, 11) is 0. The number of rotatable bonds is 8. The molecule has 0 heterocycles. The largest absolute Gasteiger partial charge is 0.290 e. The summed E-state index contributed by atoms with van der Waals surface area (Å²) in [4.78, 5) is 0. The monoisotopic (exact) mass is 309 g/mol. The Balaban J connectivity index is -0.000000540. The molecule has 0 atom stereocenters. The number of hydrazone groups is 2. The molecule has 0 saturated heterocycles. The first-order chi connectivity index (χ1) is 9.20. The molecule has 0 aliphatic rings. The molecule has 0 aliphatic heterocycles. The minimum absolute atomic E-state index is 0. The van der Waals surface area contributed by atoms with Crippen molar-refractivity contribution >= 4 is 32.8 Å². The molecule has 0 rings (SSSR count). The van der Waals surface area contributed by atoms with Gasteiger partial charge in [-0.15, -0.1) is 10.2 Å². The van der Waals surface area contributed by atoms with E-state index in [1.54, 1.807) is 13.8 Å². The summed E-state index contributed by atoms with van der Waals surface area (Å²) < 4.78 is 0. The van der Waals surface area contributed by atoms with E-state index < -0.39 is 0 Å². The number of hydrogen-bond donors (Lipinski definition) is 4. The van der Waals surface area contributed by atoms with Gasteiger partial charge in [0.15, 0.2) is 11.7 Å². The van der Waals surface area contributed by atoms with Crippen LogP contribution < -0.4 is 10.9 Å². The van der Waals surface area contributed by atoms with Crippen LogP contribution in [0.4, 0.5) is 0 Å². The fraction of sp³-hybridized carbons (Fsp3) is 0.636. The summed E-state index contributed by atoms with van der Waals surface area (Å²) in [6.07, 6.45) is 2.62. The molecule has 0 bridgehead atoms. The van der Waals surface area contributed by atoms with Gasteiger partial charge in [-0.25, -0.2) is 0 Å². The lowest BCUT2D eigenvalue weighted by atomic mass is 10.4. The first-order valence-corrected chi connectivity index (χ1v) is 5.53. The van der Waals surface area contributed by atoms with Crippen LogP contribution in [-0.4, -0.2) is 45.9 Å². The maximum atomic E-state index is 6.70. The Hall–Kier alpha value is -2.46. The van der Waals surface area contributed by atoms with Gasteiger partial charge < -0.3 is 0 Å². The summed E-state index contributed by atoms with van der Waals surface area (Å²) in [6.45, 7) is 4.39. The Morgan fingerprint density at radius 3 is 1.55 bits per heavy atom. The predicted molar refractivity (Wildman–Crippen MR) is 93.3 cm³/mol. The fourth-order valence-electron chi connectivity index (χ4n) is 0.813. The van der Waals surface area contributed by atoms with Gasteiger partial charge in [-0.3, -0.25) is 21.7 Å². The molecule has 0 aromatic heterocycles. The summed E-state index contributed by atoms with van der Waals surface area (Å²) >= 11 is 0. The molecular formula is C11H26BN10. The highest BCUT2D eigenvalue weighted by Gasteiger charge is 1.87. The maximum absolute atomic E-state index is 6.70. The van der Waals surface area contributed by atoms with Crippen molar-refractivity contribution in [2.24, 2.45) is 30.7 Å². The molecule has 3 radical (unpaired) electrons. The third-order valence-electron chi connectivity index (χ3n) is 1.53. The van der Waals surface area contributed by atoms with E-state index in [2.05, 4.69) is 41.5 Å². The second kappa shape index (κ2) is 20.9. The lowest BCUT2D eigenvalue weighted by Gasteiger charge is -1.92. The second-order valence-electron chi connectivity index (χ2n) is 3.15. The first-order valence-electron chi connectivity index (χ1n) is 5.53. The van der Waals surface area contributed by atoms with Crippen molar-refractivity contribution in [2.75, 3.05) is 13.1 Å². The molecule has 0 amide bonds. The molecule has 10 nitrogen and oxygen atoms in total. The molecular weight excluding hydrogens is 283 g/mol. The Morgan fingerprint density at radius 2 is 1.23 bits per heavy atom. The fourth-order valence-corrected chi connectivity index (χ4v) is 0.813. The maximum Gasteiger partial charge on any atom is 0.167 e. The van der Waals surface area contributed by atoms with E-state index in [4.69, 9.17) is 10.8 Å². The topological polar surface area (TPSA) is 146 Å². The smallest absolute Gasteiger partial charge is 0.167 e. The van der Waals surface area contributed by atoms with E-state index in [0.29, 0.717) is 31.2 Å². The molecule has 123 valence electrons. The number of amidine groups is 2. The van der Waals surface area contributed by atoms with Crippen molar-refractivity contribution in [3.05, 3.63) is 0 Å². The highest BCUT2D eigenvalue weighted by Crippen LogP contribution is 1.88. The Labute approximate surface area is 134 Å². The van der Waals surface area contributed by atoms with E-state index >= 15 is 0 Å². The van der Waals surface area contributed by atoms with Crippen LogP contribution in [0.3, 0.4) is 0 Å². The van der Waals surface area contributed by atoms with Crippen LogP contribution in [0.25, 0.3) is 0 Å². The summed E-state index contributed by atoms with van der Waals surface area (Å²) in [5.41, 5.74) is 4.69. The minimum Gasteiger partial charge on any atom is -0.290 e. The summed E-state index contributed by atoms with van der Waals surface area (Å²) in [5, 5.41) is 36.2. The van der Waals surface area contributed by atoms with E-state index in [9.17, 15) is 0 Å². The van der Waals surface area contributed by atoms with Crippen LogP contribution in [0, 0.1) is 10.8 Å². The summed E-state index contributed by atoms with van der Waals surface area (Å²) in [6, 6.07) is 0. The normalized spacial score (nSPS) is 11.2. The lowest BCUT2D eigenvalue weighted by Crippen LogP contribution is -2.03. The third-order valence-corrected chi connectivity index (χ3v) is 1.53. The van der Waals surface area contributed by atoms with Crippen molar-refractivity contribution in [3.63, 3.8) is 0 Å². The molecule has 0 aromatic rings. The summed E-state index contributed by atoms with van der Waals surface area (Å²) in [5.74, 6) is 0.900. The SMILES string of the molecule is C.C.C/C(N=NCCCN=N/C(C)=N\NC=N)=N/NC=N.[B]. The van der Waals surface area contributed by atoms with Crippen molar-refractivity contribution in [2.45, 2.75) is 35.1 Å². The second-order valence-corrected chi connectivity index (χ2v) is 3.15. The lowest BCUT2D eigenvalue weighted by molar-refractivity contribution is 0.790. The van der Waals surface area contributed by atoms with E-state index in [1.807, 2.05) is 0 Å². The van der Waals surface area contributed by atoms with Crippen molar-refractivity contribution in [1.82, 2.24) is 10.9 Å². The van der Waals surface area contributed by atoms with Gasteiger partial charge in [-0.05, 0) is 20.3 Å². The van der Waals surface area contributed by atoms with Gasteiger partial charge in [0.25, 0.3) is 0 Å². The van der Waals surface area contributed by atoms with Gasteiger partial charge in [0.2, 0.25) is 0 Å². The van der Waals surface area contributed by atoms with Crippen LogP contribution in [0.1, 0.15) is 35.1 Å². The van der Waals surface area contributed by atoms with Crippen molar-refractivity contribution in [1.29, 1.82) is 10.8 Å². The first kappa shape index (κ1) is 27.8. The van der Waals surface area contributed by atoms with Crippen molar-refractivity contribution in [3.8, 4) is 0 Å². The highest BCUT2D eigenvalue weighted by molar-refractivity contribution is 5.80. The highest BCUT2D eigenvalue weighted by atomic mass is 15.3. The van der Waals surface area contributed by atoms with Gasteiger partial charge in [0.1, 0.15) is 0 Å². The van der Waals surface area contributed by atoms with Gasteiger partial charge in [0.05, 0.1) is 25.8 Å². The molecule has 22 heavy (non-hydrogen) atoms. The van der Waals surface area contributed by atoms with Crippen LogP contribution in [-0.2, 0) is 0 Å². The van der Waals surface area contributed by atoms with Gasteiger partial charge in [-0.2, -0.15) is 20.4 Å². The molecule has 0 fully saturated rings.